The van der Waals surface area contributed by atoms with E-state index in [-0.39, 0.29) is 12.0 Å². The highest BCUT2D eigenvalue weighted by Crippen LogP contribution is 2.38. The molecule has 0 saturated carbocycles. The molecule has 1 atom stereocenters. The first-order valence-corrected chi connectivity index (χ1v) is 12.6. The predicted molar refractivity (Wildman–Crippen MR) is 148 cm³/mol. The van der Waals surface area contributed by atoms with Crippen LogP contribution in [0, 0.1) is 6.92 Å². The Kier molecular flexibility index (Phi) is 8.50. The van der Waals surface area contributed by atoms with Gasteiger partial charge in [-0.2, -0.15) is 0 Å². The maximum absolute atomic E-state index is 12.0. The second-order valence-electron chi connectivity index (χ2n) is 8.72. The molecule has 8 heteroatoms. The van der Waals surface area contributed by atoms with Gasteiger partial charge in [0, 0.05) is 12.2 Å². The topological polar surface area (TPSA) is 69.3 Å². The summed E-state index contributed by atoms with van der Waals surface area (Å²) in [5.74, 6) is 1.65. The number of esters is 1. The van der Waals surface area contributed by atoms with E-state index in [0.717, 1.165) is 24.2 Å². The molecule has 0 bridgehead atoms. The van der Waals surface area contributed by atoms with Crippen molar-refractivity contribution in [2.45, 2.75) is 26.3 Å². The molecule has 1 heterocycles. The molecule has 1 aliphatic heterocycles. The number of hydrogen-bond donors (Lipinski definition) is 1. The van der Waals surface area contributed by atoms with E-state index >= 15 is 0 Å². The van der Waals surface area contributed by atoms with Crippen LogP contribution in [0.3, 0.4) is 0 Å². The van der Waals surface area contributed by atoms with Crippen molar-refractivity contribution in [2.75, 3.05) is 39.3 Å². The zero-order chi connectivity index (χ0) is 26.4. The SMILES string of the molecule is CCOC(=O)c1ccc(OC[C@H]2c3cc(OC)c(OC)cc3CCN2C(=S)Nc2ccc(C)cc2)cc1. The minimum Gasteiger partial charge on any atom is -0.493 e. The van der Waals surface area contributed by atoms with Crippen LogP contribution in [0.1, 0.15) is 40.0 Å². The van der Waals surface area contributed by atoms with E-state index in [1.165, 1.54) is 11.1 Å². The molecule has 0 unspecified atom stereocenters. The number of methoxy groups -OCH3 is 2. The molecular weight excluding hydrogens is 488 g/mol. The number of thiocarbonyl (C=S) groups is 1. The predicted octanol–water partition coefficient (Wildman–Crippen LogP) is 5.56. The maximum atomic E-state index is 12.0. The number of carbonyl (C=O) groups is 1. The van der Waals surface area contributed by atoms with Gasteiger partial charge in [-0.3, -0.25) is 0 Å². The zero-order valence-corrected chi connectivity index (χ0v) is 22.4. The summed E-state index contributed by atoms with van der Waals surface area (Å²) in [6, 6.07) is 19.0. The summed E-state index contributed by atoms with van der Waals surface area (Å²) in [4.78, 5) is 14.1. The number of nitrogens with one attached hydrogen (secondary N) is 1. The molecule has 3 aromatic rings. The van der Waals surface area contributed by atoms with E-state index in [9.17, 15) is 4.79 Å². The molecule has 1 aliphatic rings. The summed E-state index contributed by atoms with van der Waals surface area (Å²) in [7, 11) is 3.27. The van der Waals surface area contributed by atoms with Gasteiger partial charge < -0.3 is 29.2 Å². The van der Waals surface area contributed by atoms with Crippen molar-refractivity contribution in [3.05, 3.63) is 82.9 Å². The number of carbonyl (C=O) groups excluding carboxylic acids is 1. The van der Waals surface area contributed by atoms with Gasteiger partial charge in [0.2, 0.25) is 0 Å². The lowest BCUT2D eigenvalue weighted by atomic mass is 9.92. The van der Waals surface area contributed by atoms with Crippen LogP contribution in [0.15, 0.2) is 60.7 Å². The van der Waals surface area contributed by atoms with E-state index in [1.807, 2.05) is 36.4 Å². The third-order valence-corrected chi connectivity index (χ3v) is 6.68. The average Bonchev–Trinajstić information content (AvgIpc) is 2.92. The number of anilines is 1. The Morgan fingerprint density at radius 3 is 2.35 bits per heavy atom. The Morgan fingerprint density at radius 1 is 1.03 bits per heavy atom. The van der Waals surface area contributed by atoms with Crippen LogP contribution in [0.5, 0.6) is 17.2 Å². The molecule has 0 aromatic heterocycles. The van der Waals surface area contributed by atoms with Crippen LogP contribution >= 0.6 is 12.2 Å². The number of benzene rings is 3. The highest BCUT2D eigenvalue weighted by Gasteiger charge is 2.31. The lowest BCUT2D eigenvalue weighted by Gasteiger charge is -2.39. The van der Waals surface area contributed by atoms with Crippen molar-refractivity contribution in [1.29, 1.82) is 0 Å². The van der Waals surface area contributed by atoms with Crippen LogP contribution in [-0.2, 0) is 11.2 Å². The lowest BCUT2D eigenvalue weighted by Crippen LogP contribution is -2.44. The largest absolute Gasteiger partial charge is 0.493 e. The standard InChI is InChI=1S/C29H32N2O5S/c1-5-35-28(32)20-8-12-23(13-9-20)36-18-25-24-17-27(34-4)26(33-3)16-21(24)14-15-31(25)29(37)30-22-10-6-19(2)7-11-22/h6-13,16-17,25H,5,14-15,18H2,1-4H3,(H,30,37)/t25-/m0/s1. The van der Waals surface area contributed by atoms with Crippen molar-refractivity contribution >= 4 is 29.0 Å². The highest BCUT2D eigenvalue weighted by atomic mass is 32.1. The summed E-state index contributed by atoms with van der Waals surface area (Å²) in [6.07, 6.45) is 0.802. The van der Waals surface area contributed by atoms with Crippen LogP contribution in [-0.4, -0.2) is 50.0 Å². The number of nitrogens with zero attached hydrogens (tertiary/aromatic N) is 1. The number of rotatable bonds is 8. The van der Waals surface area contributed by atoms with Crippen LogP contribution in [0.25, 0.3) is 0 Å². The van der Waals surface area contributed by atoms with Crippen molar-refractivity contribution < 1.29 is 23.7 Å². The van der Waals surface area contributed by atoms with Crippen LogP contribution < -0.4 is 19.5 Å². The third kappa shape index (κ3) is 6.14. The Balaban J connectivity index is 1.59. The fourth-order valence-corrected chi connectivity index (χ4v) is 4.70. The van der Waals surface area contributed by atoms with Crippen molar-refractivity contribution in [3.63, 3.8) is 0 Å². The molecule has 0 saturated heterocycles. The van der Waals surface area contributed by atoms with Crippen molar-refractivity contribution in [2.24, 2.45) is 0 Å². The van der Waals surface area contributed by atoms with E-state index in [0.29, 0.717) is 41.1 Å². The molecule has 0 fully saturated rings. The molecule has 37 heavy (non-hydrogen) atoms. The first-order valence-electron chi connectivity index (χ1n) is 12.2. The molecule has 194 valence electrons. The minimum absolute atomic E-state index is 0.168. The second-order valence-corrected chi connectivity index (χ2v) is 9.10. The van der Waals surface area contributed by atoms with Gasteiger partial charge >= 0.3 is 5.97 Å². The minimum atomic E-state index is -0.352. The summed E-state index contributed by atoms with van der Waals surface area (Å²) in [5, 5.41) is 4.00. The fourth-order valence-electron chi connectivity index (χ4n) is 4.36. The van der Waals surface area contributed by atoms with E-state index in [4.69, 9.17) is 31.2 Å². The summed E-state index contributed by atoms with van der Waals surface area (Å²) < 4.78 is 22.4. The summed E-state index contributed by atoms with van der Waals surface area (Å²) in [6.45, 7) is 5.23. The lowest BCUT2D eigenvalue weighted by molar-refractivity contribution is 0.0526. The molecule has 7 nitrogen and oxygen atoms in total. The molecular formula is C29H32N2O5S. The van der Waals surface area contributed by atoms with Gasteiger partial charge in [-0.15, -0.1) is 0 Å². The average molecular weight is 521 g/mol. The van der Waals surface area contributed by atoms with Gasteiger partial charge in [-0.25, -0.2) is 4.79 Å². The first-order chi connectivity index (χ1) is 17.9. The Labute approximate surface area is 223 Å². The summed E-state index contributed by atoms with van der Waals surface area (Å²) in [5.41, 5.74) is 4.84. The first kappa shape index (κ1) is 26.3. The molecule has 0 radical (unpaired) electrons. The number of ether oxygens (including phenoxy) is 4. The Hall–Kier alpha value is -3.78. The second kappa shape index (κ2) is 12.0. The van der Waals surface area contributed by atoms with Crippen molar-refractivity contribution in [1.82, 2.24) is 4.90 Å². The van der Waals surface area contributed by atoms with E-state index in [1.54, 1.807) is 45.4 Å². The number of fused-ring (bicyclic) bond motifs is 1. The molecule has 0 amide bonds. The molecule has 1 N–H and O–H groups in total. The monoisotopic (exact) mass is 520 g/mol. The molecule has 3 aromatic carbocycles. The van der Waals surface area contributed by atoms with Gasteiger partial charge in [0.15, 0.2) is 16.6 Å². The van der Waals surface area contributed by atoms with Crippen LogP contribution in [0.4, 0.5) is 5.69 Å². The quantitative estimate of drug-likeness (QED) is 0.306. The van der Waals surface area contributed by atoms with Gasteiger partial charge in [0.05, 0.1) is 32.4 Å². The molecule has 0 spiro atoms. The van der Waals surface area contributed by atoms with E-state index in [2.05, 4.69) is 17.1 Å². The third-order valence-electron chi connectivity index (χ3n) is 6.34. The number of hydrogen-bond acceptors (Lipinski definition) is 6. The van der Waals surface area contributed by atoms with Gasteiger partial charge in [-0.05, 0) is 92.1 Å². The smallest absolute Gasteiger partial charge is 0.338 e. The Bertz CT molecular complexity index is 1240. The summed E-state index contributed by atoms with van der Waals surface area (Å²) >= 11 is 5.86. The van der Waals surface area contributed by atoms with Crippen LogP contribution in [0.2, 0.25) is 0 Å². The fraction of sp³-hybridized carbons (Fsp3) is 0.310. The number of aryl methyl sites for hydroxylation is 1. The van der Waals surface area contributed by atoms with E-state index < -0.39 is 0 Å². The Morgan fingerprint density at radius 2 is 1.70 bits per heavy atom. The molecule has 4 rings (SSSR count). The maximum Gasteiger partial charge on any atom is 0.338 e. The zero-order valence-electron chi connectivity index (χ0n) is 21.6. The highest BCUT2D eigenvalue weighted by molar-refractivity contribution is 7.80. The van der Waals surface area contributed by atoms with Gasteiger partial charge in [-0.1, -0.05) is 17.7 Å². The normalized spacial score (nSPS) is 14.4. The van der Waals surface area contributed by atoms with Gasteiger partial charge in [0.25, 0.3) is 0 Å². The van der Waals surface area contributed by atoms with Gasteiger partial charge in [0.1, 0.15) is 12.4 Å². The van der Waals surface area contributed by atoms with Crippen molar-refractivity contribution in [3.8, 4) is 17.2 Å². The molecule has 0 aliphatic carbocycles.